The summed E-state index contributed by atoms with van der Waals surface area (Å²) in [6.45, 7) is 6.60. The first-order valence-electron chi connectivity index (χ1n) is 10.3. The molecule has 3 heterocycles. The maximum Gasteiger partial charge on any atom is 0.265 e. The quantitative estimate of drug-likeness (QED) is 0.444. The third-order valence-electron chi connectivity index (χ3n) is 5.79. The monoisotopic (exact) mass is 397 g/mol. The second-order valence-corrected chi connectivity index (χ2v) is 7.75. The molecule has 5 rings (SSSR count). The lowest BCUT2D eigenvalue weighted by atomic mass is 10.2. The summed E-state index contributed by atoms with van der Waals surface area (Å²) in [5, 5.41) is 0.546. The Labute approximate surface area is 173 Å². The number of fused-ring (bicyclic) bond motifs is 4. The van der Waals surface area contributed by atoms with Crippen molar-refractivity contribution in [2.24, 2.45) is 0 Å². The highest BCUT2D eigenvalue weighted by atomic mass is 16.1. The topological polar surface area (TPSA) is 65.6 Å². The van der Waals surface area contributed by atoms with E-state index in [4.69, 9.17) is 15.0 Å². The van der Waals surface area contributed by atoms with Gasteiger partial charge in [-0.3, -0.25) is 9.36 Å². The van der Waals surface area contributed by atoms with Crippen molar-refractivity contribution in [2.75, 3.05) is 0 Å². The molecule has 0 aliphatic rings. The molecule has 5 aromatic rings. The van der Waals surface area contributed by atoms with E-state index in [1.54, 1.807) is 4.57 Å². The summed E-state index contributed by atoms with van der Waals surface area (Å²) < 4.78 is 3.81. The molecule has 30 heavy (non-hydrogen) atoms. The predicted molar refractivity (Wildman–Crippen MR) is 120 cm³/mol. The van der Waals surface area contributed by atoms with Gasteiger partial charge in [0.25, 0.3) is 5.56 Å². The van der Waals surface area contributed by atoms with Gasteiger partial charge in [-0.25, -0.2) is 15.0 Å². The molecule has 0 radical (unpaired) electrons. The lowest BCUT2D eigenvalue weighted by Crippen LogP contribution is -2.26. The molecule has 0 saturated heterocycles. The number of hydrogen-bond donors (Lipinski definition) is 0. The molecule has 0 aliphatic heterocycles. The van der Waals surface area contributed by atoms with Crippen molar-refractivity contribution in [2.45, 2.75) is 39.8 Å². The minimum absolute atomic E-state index is 0.0479. The molecule has 0 amide bonds. The molecule has 3 aromatic heterocycles. The first-order valence-corrected chi connectivity index (χ1v) is 10.3. The van der Waals surface area contributed by atoms with Crippen LogP contribution < -0.4 is 5.56 Å². The molecule has 0 aliphatic carbocycles. The summed E-state index contributed by atoms with van der Waals surface area (Å²) in [5.74, 6) is 0.712. The van der Waals surface area contributed by atoms with Crippen LogP contribution in [0.5, 0.6) is 0 Å². The van der Waals surface area contributed by atoms with Crippen LogP contribution in [0, 0.1) is 6.92 Å². The van der Waals surface area contributed by atoms with Crippen LogP contribution in [0.3, 0.4) is 0 Å². The second-order valence-electron chi connectivity index (χ2n) is 7.75. The van der Waals surface area contributed by atoms with Gasteiger partial charge in [-0.1, -0.05) is 49.4 Å². The van der Waals surface area contributed by atoms with E-state index in [1.165, 1.54) is 0 Å². The van der Waals surface area contributed by atoms with E-state index in [2.05, 4.69) is 19.1 Å². The Bertz CT molecular complexity index is 1450. The maximum absolute atomic E-state index is 13.6. The van der Waals surface area contributed by atoms with Gasteiger partial charge in [-0.15, -0.1) is 0 Å². The summed E-state index contributed by atoms with van der Waals surface area (Å²) >= 11 is 0. The fraction of sp³-hybridized carbons (Fsp3) is 0.250. The van der Waals surface area contributed by atoms with E-state index in [0.717, 1.165) is 23.0 Å². The Morgan fingerprint density at radius 2 is 1.57 bits per heavy atom. The molecular weight excluding hydrogens is 374 g/mol. The highest BCUT2D eigenvalue weighted by Crippen LogP contribution is 2.27. The van der Waals surface area contributed by atoms with Gasteiger partial charge in [-0.05, 0) is 38.0 Å². The van der Waals surface area contributed by atoms with Gasteiger partial charge in [0.05, 0.1) is 17.6 Å². The molecule has 0 bridgehead atoms. The van der Waals surface area contributed by atoms with Crippen LogP contribution in [0.4, 0.5) is 0 Å². The van der Waals surface area contributed by atoms with Crippen LogP contribution in [0.2, 0.25) is 0 Å². The van der Waals surface area contributed by atoms with Crippen molar-refractivity contribution in [1.29, 1.82) is 0 Å². The van der Waals surface area contributed by atoms with Gasteiger partial charge >= 0.3 is 0 Å². The van der Waals surface area contributed by atoms with E-state index in [9.17, 15) is 4.79 Å². The maximum atomic E-state index is 13.6. The van der Waals surface area contributed by atoms with Gasteiger partial charge < -0.3 is 4.57 Å². The molecule has 0 fully saturated rings. The largest absolute Gasteiger partial charge is 0.304 e. The zero-order chi connectivity index (χ0) is 20.8. The second kappa shape index (κ2) is 7.06. The molecule has 0 N–H and O–H groups in total. The Morgan fingerprint density at radius 1 is 0.900 bits per heavy atom. The summed E-state index contributed by atoms with van der Waals surface area (Å²) in [4.78, 5) is 28.2. The zero-order valence-corrected chi connectivity index (χ0v) is 17.3. The van der Waals surface area contributed by atoms with Gasteiger partial charge in [0, 0.05) is 6.04 Å². The van der Waals surface area contributed by atoms with Crippen molar-refractivity contribution in [3.05, 3.63) is 76.3 Å². The van der Waals surface area contributed by atoms with Crippen LogP contribution in [0.25, 0.3) is 33.2 Å². The zero-order valence-electron chi connectivity index (χ0n) is 17.3. The van der Waals surface area contributed by atoms with Gasteiger partial charge in [0.1, 0.15) is 16.7 Å². The molecule has 6 heteroatoms. The minimum Gasteiger partial charge on any atom is -0.304 e. The van der Waals surface area contributed by atoms with E-state index in [-0.39, 0.29) is 11.6 Å². The Hall–Kier alpha value is -3.54. The summed E-state index contributed by atoms with van der Waals surface area (Å²) in [5.41, 5.74) is 4.61. The Balaban J connectivity index is 1.92. The number of hydrogen-bond acceptors (Lipinski definition) is 4. The molecule has 0 saturated carbocycles. The van der Waals surface area contributed by atoms with Crippen LogP contribution >= 0.6 is 0 Å². The molecule has 2 aromatic carbocycles. The molecule has 1 atom stereocenters. The number of rotatable bonds is 4. The van der Waals surface area contributed by atoms with Gasteiger partial charge in [0.15, 0.2) is 11.3 Å². The first-order chi connectivity index (χ1) is 14.6. The van der Waals surface area contributed by atoms with Crippen LogP contribution in [0.15, 0.2) is 59.4 Å². The van der Waals surface area contributed by atoms with Crippen molar-refractivity contribution >= 4 is 33.2 Å². The number of nitrogens with zero attached hydrogens (tertiary/aromatic N) is 5. The summed E-state index contributed by atoms with van der Waals surface area (Å²) in [6.07, 6.45) is 0.852. The smallest absolute Gasteiger partial charge is 0.265 e. The highest BCUT2D eigenvalue weighted by molar-refractivity contribution is 6.04. The van der Waals surface area contributed by atoms with E-state index in [0.29, 0.717) is 34.6 Å². The average Bonchev–Trinajstić information content (AvgIpc) is 3.05. The Morgan fingerprint density at radius 3 is 2.27 bits per heavy atom. The Kier molecular flexibility index (Phi) is 4.35. The van der Waals surface area contributed by atoms with Crippen LogP contribution in [0.1, 0.15) is 37.7 Å². The third kappa shape index (κ3) is 2.79. The van der Waals surface area contributed by atoms with Crippen LogP contribution in [-0.4, -0.2) is 24.1 Å². The summed E-state index contributed by atoms with van der Waals surface area (Å²) in [6, 6.07) is 18.0. The van der Waals surface area contributed by atoms with Crippen LogP contribution in [-0.2, 0) is 6.54 Å². The predicted octanol–water partition coefficient (Wildman–Crippen LogP) is 4.62. The normalized spacial score (nSPS) is 12.8. The number of para-hydroxylation sites is 2. The summed E-state index contributed by atoms with van der Waals surface area (Å²) in [7, 11) is 0. The number of aryl methyl sites for hydroxylation is 1. The standard InChI is InChI=1S/C24H23N5O/c1-4-15(2)29-16(3)25-22-20(24(29)30)21-23(27-19-13-9-8-12-18(19)26-21)28(22)14-17-10-6-5-7-11-17/h5-13,15H,4,14H2,1-3H3/t15-/m0/s1. The SMILES string of the molecule is CC[C@H](C)n1c(C)nc2c(c1=O)c1nc3ccccc3nc1n2Cc1ccccc1. The molecule has 0 unspecified atom stereocenters. The lowest BCUT2D eigenvalue weighted by Gasteiger charge is -2.16. The van der Waals surface area contributed by atoms with E-state index >= 15 is 0 Å². The lowest BCUT2D eigenvalue weighted by molar-refractivity contribution is 0.496. The van der Waals surface area contributed by atoms with Gasteiger partial charge in [0.2, 0.25) is 0 Å². The molecular formula is C24H23N5O. The minimum atomic E-state index is -0.0479. The molecule has 0 spiro atoms. The number of benzene rings is 2. The van der Waals surface area contributed by atoms with E-state index in [1.807, 2.05) is 60.9 Å². The fourth-order valence-corrected chi connectivity index (χ4v) is 4.09. The average molecular weight is 397 g/mol. The van der Waals surface area contributed by atoms with Crippen molar-refractivity contribution in [1.82, 2.24) is 24.1 Å². The fourth-order valence-electron chi connectivity index (χ4n) is 4.09. The molecule has 150 valence electrons. The van der Waals surface area contributed by atoms with Crippen molar-refractivity contribution in [3.63, 3.8) is 0 Å². The highest BCUT2D eigenvalue weighted by Gasteiger charge is 2.22. The van der Waals surface area contributed by atoms with E-state index < -0.39 is 0 Å². The van der Waals surface area contributed by atoms with Gasteiger partial charge in [-0.2, -0.15) is 0 Å². The first kappa shape index (κ1) is 18.5. The number of aromatic nitrogens is 5. The van der Waals surface area contributed by atoms with Crippen molar-refractivity contribution in [3.8, 4) is 0 Å². The third-order valence-corrected chi connectivity index (χ3v) is 5.79. The van der Waals surface area contributed by atoms with Crippen molar-refractivity contribution < 1.29 is 0 Å². The molecule has 6 nitrogen and oxygen atoms in total.